The largest absolute Gasteiger partial charge is 0.462 e. The fourth-order valence-electron chi connectivity index (χ4n) is 2.08. The van der Waals surface area contributed by atoms with E-state index in [1.54, 1.807) is 6.92 Å². The molecule has 2 N–H and O–H groups in total. The van der Waals surface area contributed by atoms with Gasteiger partial charge in [-0.15, -0.1) is 0 Å². The van der Waals surface area contributed by atoms with E-state index in [2.05, 4.69) is 9.71 Å². The van der Waals surface area contributed by atoms with Gasteiger partial charge in [-0.05, 0) is 38.1 Å². The van der Waals surface area contributed by atoms with Crippen molar-refractivity contribution in [3.63, 3.8) is 0 Å². The normalized spacial score (nSPS) is 17.8. The Hall–Kier alpha value is -2.75. The highest BCUT2D eigenvalue weighted by molar-refractivity contribution is 7.94. The zero-order valence-electron chi connectivity index (χ0n) is 12.9. The minimum absolute atomic E-state index is 0.126. The number of nitrogens with zero attached hydrogens (tertiary/aromatic N) is 1. The first-order chi connectivity index (χ1) is 11.2. The Balaban J connectivity index is 2.20. The average Bonchev–Trinajstić information content (AvgIpc) is 2.46. The zero-order chi connectivity index (χ0) is 17.9. The van der Waals surface area contributed by atoms with Crippen molar-refractivity contribution in [3.05, 3.63) is 29.8 Å². The smallest absolute Gasteiger partial charge is 0.347 e. The van der Waals surface area contributed by atoms with E-state index in [1.165, 1.54) is 31.2 Å². The number of carbonyl (C=O) groups excluding carboxylic acids is 3. The number of hydrogen-bond acceptors (Lipinski definition) is 6. The molecule has 1 unspecified atom stereocenters. The predicted molar refractivity (Wildman–Crippen MR) is 85.4 cm³/mol. The van der Waals surface area contributed by atoms with Crippen LogP contribution in [0.1, 0.15) is 24.2 Å². The number of carbonyl (C=O) groups is 3. The third-order valence-electron chi connectivity index (χ3n) is 3.09. The van der Waals surface area contributed by atoms with Gasteiger partial charge in [-0.25, -0.2) is 23.0 Å². The topological polar surface area (TPSA) is 131 Å². The van der Waals surface area contributed by atoms with Crippen LogP contribution in [0.5, 0.6) is 0 Å². The third-order valence-corrected chi connectivity index (χ3v) is 4.79. The monoisotopic (exact) mass is 353 g/mol. The Kier molecular flexibility index (Phi) is 4.98. The number of hydrogen-bond donors (Lipinski definition) is 2. The highest BCUT2D eigenvalue weighted by Crippen LogP contribution is 2.16. The third kappa shape index (κ3) is 3.77. The molecule has 24 heavy (non-hydrogen) atoms. The number of aliphatic imine (C=N–C) groups is 1. The summed E-state index contributed by atoms with van der Waals surface area (Å²) in [5.74, 6) is -1.50. The SMILES string of the molecule is CCOC(=O)c1ccc(NS(=O)(=O)C2C(=O)NC(=O)N=C2C)cc1. The van der Waals surface area contributed by atoms with Gasteiger partial charge in [0.2, 0.25) is 10.0 Å². The molecule has 0 saturated heterocycles. The molecule has 1 aromatic rings. The van der Waals surface area contributed by atoms with E-state index < -0.39 is 33.2 Å². The lowest BCUT2D eigenvalue weighted by molar-refractivity contribution is -0.118. The van der Waals surface area contributed by atoms with E-state index >= 15 is 0 Å². The quantitative estimate of drug-likeness (QED) is 0.749. The van der Waals surface area contributed by atoms with E-state index in [1.807, 2.05) is 5.32 Å². The van der Waals surface area contributed by atoms with Crippen molar-refractivity contribution in [2.45, 2.75) is 19.1 Å². The molecule has 0 saturated carbocycles. The lowest BCUT2D eigenvalue weighted by Crippen LogP contribution is -2.51. The van der Waals surface area contributed by atoms with Gasteiger partial charge in [0.1, 0.15) is 0 Å². The van der Waals surface area contributed by atoms with Gasteiger partial charge in [0.15, 0.2) is 5.25 Å². The molecule has 1 aromatic carbocycles. The summed E-state index contributed by atoms with van der Waals surface area (Å²) < 4.78 is 31.7. The second-order valence-electron chi connectivity index (χ2n) is 4.87. The number of rotatable bonds is 5. The second-order valence-corrected chi connectivity index (χ2v) is 6.64. The average molecular weight is 353 g/mol. The standard InChI is InChI=1S/C14H15N3O6S/c1-3-23-13(19)9-4-6-10(7-5-9)17-24(21,22)11-8(2)15-14(20)16-12(11)18/h4-7,11,17H,3H2,1-2H3,(H,16,18,20). The van der Waals surface area contributed by atoms with Gasteiger partial charge >= 0.3 is 12.0 Å². The van der Waals surface area contributed by atoms with Gasteiger partial charge in [0.25, 0.3) is 5.91 Å². The van der Waals surface area contributed by atoms with Crippen LogP contribution in [0.15, 0.2) is 29.3 Å². The summed E-state index contributed by atoms with van der Waals surface area (Å²) in [6.45, 7) is 3.18. The molecule has 1 aliphatic rings. The summed E-state index contributed by atoms with van der Waals surface area (Å²) >= 11 is 0. The number of amides is 3. The van der Waals surface area contributed by atoms with Crippen LogP contribution >= 0.6 is 0 Å². The molecule has 0 aliphatic carbocycles. The molecule has 1 heterocycles. The Morgan fingerprint density at radius 3 is 2.46 bits per heavy atom. The molecule has 3 amide bonds. The Morgan fingerprint density at radius 2 is 1.92 bits per heavy atom. The van der Waals surface area contributed by atoms with Gasteiger partial charge in [-0.3, -0.25) is 14.8 Å². The van der Waals surface area contributed by atoms with Crippen LogP contribution in [0.2, 0.25) is 0 Å². The summed E-state index contributed by atoms with van der Waals surface area (Å²) in [6, 6.07) is 4.61. The molecular formula is C14H15N3O6S. The van der Waals surface area contributed by atoms with Crippen molar-refractivity contribution in [3.8, 4) is 0 Å². The van der Waals surface area contributed by atoms with Crippen molar-refractivity contribution in [2.75, 3.05) is 11.3 Å². The summed E-state index contributed by atoms with van der Waals surface area (Å²) in [5, 5.41) is 0.233. The Bertz CT molecular complexity index is 813. The number of nitrogens with one attached hydrogen (secondary N) is 2. The summed E-state index contributed by atoms with van der Waals surface area (Å²) in [7, 11) is -4.16. The number of urea groups is 1. The van der Waals surface area contributed by atoms with Gasteiger partial charge < -0.3 is 4.74 Å². The maximum Gasteiger partial charge on any atom is 0.347 e. The van der Waals surface area contributed by atoms with Gasteiger partial charge in [-0.1, -0.05) is 0 Å². The molecule has 0 spiro atoms. The molecule has 0 fully saturated rings. The van der Waals surface area contributed by atoms with Gasteiger partial charge in [0.05, 0.1) is 17.9 Å². The summed E-state index contributed by atoms with van der Waals surface area (Å²) in [4.78, 5) is 37.9. The first kappa shape index (κ1) is 17.6. The minimum Gasteiger partial charge on any atom is -0.462 e. The molecule has 0 radical (unpaired) electrons. The summed E-state index contributed by atoms with van der Waals surface area (Å²) in [6.07, 6.45) is 0. The van der Waals surface area contributed by atoms with Crippen LogP contribution < -0.4 is 10.0 Å². The molecule has 2 rings (SSSR count). The van der Waals surface area contributed by atoms with Crippen molar-refractivity contribution < 1.29 is 27.5 Å². The summed E-state index contributed by atoms with van der Waals surface area (Å²) in [5.41, 5.74) is 0.290. The molecule has 128 valence electrons. The van der Waals surface area contributed by atoms with Crippen molar-refractivity contribution in [2.24, 2.45) is 4.99 Å². The Morgan fingerprint density at radius 1 is 1.29 bits per heavy atom. The maximum atomic E-state index is 12.3. The molecule has 9 nitrogen and oxygen atoms in total. The van der Waals surface area contributed by atoms with Crippen LogP contribution in [0.4, 0.5) is 10.5 Å². The number of esters is 1. The van der Waals surface area contributed by atoms with Crippen LogP contribution in [0, 0.1) is 0 Å². The van der Waals surface area contributed by atoms with E-state index in [0.29, 0.717) is 0 Å². The number of imide groups is 1. The van der Waals surface area contributed by atoms with Crippen molar-refractivity contribution in [1.82, 2.24) is 5.32 Å². The molecule has 0 aromatic heterocycles. The van der Waals surface area contributed by atoms with Gasteiger partial charge in [-0.2, -0.15) is 0 Å². The first-order valence-electron chi connectivity index (χ1n) is 6.93. The fraction of sp³-hybridized carbons (Fsp3) is 0.286. The highest BCUT2D eigenvalue weighted by Gasteiger charge is 2.39. The van der Waals surface area contributed by atoms with E-state index in [0.717, 1.165) is 0 Å². The molecule has 1 aliphatic heterocycles. The molecule has 0 bridgehead atoms. The number of benzene rings is 1. The first-order valence-corrected chi connectivity index (χ1v) is 8.48. The van der Waals surface area contributed by atoms with E-state index in [-0.39, 0.29) is 23.6 Å². The minimum atomic E-state index is -4.16. The number of anilines is 1. The second kappa shape index (κ2) is 6.79. The van der Waals surface area contributed by atoms with E-state index in [9.17, 15) is 22.8 Å². The van der Waals surface area contributed by atoms with Crippen molar-refractivity contribution in [1.29, 1.82) is 0 Å². The lowest BCUT2D eigenvalue weighted by Gasteiger charge is -2.20. The maximum absolute atomic E-state index is 12.3. The fourth-order valence-corrected chi connectivity index (χ4v) is 3.51. The molecule has 10 heteroatoms. The number of ether oxygens (including phenoxy) is 1. The highest BCUT2D eigenvalue weighted by atomic mass is 32.2. The molecule has 1 atom stereocenters. The number of sulfonamides is 1. The predicted octanol–water partition coefficient (Wildman–Crippen LogP) is 0.684. The Labute approximate surface area is 138 Å². The zero-order valence-corrected chi connectivity index (χ0v) is 13.7. The van der Waals surface area contributed by atoms with Crippen LogP contribution in [0.3, 0.4) is 0 Å². The van der Waals surface area contributed by atoms with Crippen LogP contribution in [-0.2, 0) is 19.6 Å². The van der Waals surface area contributed by atoms with Crippen LogP contribution in [0.25, 0.3) is 0 Å². The van der Waals surface area contributed by atoms with Crippen LogP contribution in [-0.4, -0.2) is 43.9 Å². The van der Waals surface area contributed by atoms with Crippen molar-refractivity contribution >= 4 is 39.3 Å². The van der Waals surface area contributed by atoms with E-state index in [4.69, 9.17) is 4.74 Å². The van der Waals surface area contributed by atoms with Gasteiger partial charge in [0, 0.05) is 5.69 Å². The molecular weight excluding hydrogens is 338 g/mol. The lowest BCUT2D eigenvalue weighted by atomic mass is 10.2.